The summed E-state index contributed by atoms with van der Waals surface area (Å²) in [5.74, 6) is 0.842. The summed E-state index contributed by atoms with van der Waals surface area (Å²) in [4.78, 5) is 10.3. The molecule has 0 spiro atoms. The van der Waals surface area contributed by atoms with Crippen LogP contribution in [-0.4, -0.2) is 15.2 Å². The Morgan fingerprint density at radius 1 is 1.10 bits per heavy atom. The summed E-state index contributed by atoms with van der Waals surface area (Å²) in [6.45, 7) is 0. The molecule has 0 amide bonds. The van der Waals surface area contributed by atoms with Crippen molar-refractivity contribution in [1.29, 1.82) is 0 Å². The summed E-state index contributed by atoms with van der Waals surface area (Å²) >= 11 is 0. The number of anilines is 1. The van der Waals surface area contributed by atoms with Crippen LogP contribution in [-0.2, 0) is 0 Å². The number of hydrogen-bond donors (Lipinski definition) is 1. The number of nitrogens with two attached hydrogens (primary N) is 1. The van der Waals surface area contributed by atoms with E-state index in [0.29, 0.717) is 17.2 Å². The van der Waals surface area contributed by atoms with Crippen LogP contribution in [0.15, 0.2) is 41.0 Å². The Morgan fingerprint density at radius 2 is 1.80 bits per heavy atom. The van der Waals surface area contributed by atoms with Crippen LogP contribution in [0.25, 0.3) is 11.0 Å². The van der Waals surface area contributed by atoms with Crippen molar-refractivity contribution in [2.45, 2.75) is 0 Å². The summed E-state index contributed by atoms with van der Waals surface area (Å²) < 4.78 is 10.1. The van der Waals surface area contributed by atoms with E-state index in [9.17, 15) is 10.1 Å². The fourth-order valence-corrected chi connectivity index (χ4v) is 1.72. The lowest BCUT2D eigenvalue weighted by atomic mass is 10.2. The zero-order valence-electron chi connectivity index (χ0n) is 10.0. The second-order valence-electron chi connectivity index (χ2n) is 3.97. The van der Waals surface area contributed by atoms with Gasteiger partial charge in [0.2, 0.25) is 5.52 Å². The molecular formula is C12H8N4O4. The van der Waals surface area contributed by atoms with Gasteiger partial charge in [-0.05, 0) is 40.6 Å². The topological polar surface area (TPSA) is 117 Å². The molecule has 0 saturated heterocycles. The maximum absolute atomic E-state index is 10.9. The Balaban J connectivity index is 2.04. The molecule has 0 aliphatic rings. The van der Waals surface area contributed by atoms with Crippen molar-refractivity contribution in [3.8, 4) is 11.5 Å². The Labute approximate surface area is 111 Å². The molecule has 0 aliphatic heterocycles. The third-order valence-electron chi connectivity index (χ3n) is 2.66. The molecule has 0 bridgehead atoms. The van der Waals surface area contributed by atoms with Crippen molar-refractivity contribution in [3.05, 3.63) is 46.5 Å². The Hall–Kier alpha value is -3.16. The lowest BCUT2D eigenvalue weighted by Gasteiger charge is -2.05. The highest BCUT2D eigenvalue weighted by Gasteiger charge is 2.20. The Morgan fingerprint density at radius 3 is 2.50 bits per heavy atom. The molecule has 8 nitrogen and oxygen atoms in total. The van der Waals surface area contributed by atoms with Crippen molar-refractivity contribution < 1.29 is 14.3 Å². The van der Waals surface area contributed by atoms with Crippen LogP contribution in [0.1, 0.15) is 0 Å². The highest BCUT2D eigenvalue weighted by molar-refractivity contribution is 5.88. The first kappa shape index (κ1) is 11.9. The molecule has 3 aromatic rings. The third-order valence-corrected chi connectivity index (χ3v) is 2.66. The van der Waals surface area contributed by atoms with Crippen molar-refractivity contribution >= 4 is 22.4 Å². The number of nitro groups is 1. The molecule has 8 heteroatoms. The number of rotatable bonds is 3. The van der Waals surface area contributed by atoms with Crippen LogP contribution in [0.5, 0.6) is 11.5 Å². The van der Waals surface area contributed by atoms with Crippen LogP contribution in [0.2, 0.25) is 0 Å². The van der Waals surface area contributed by atoms with Crippen molar-refractivity contribution in [2.24, 2.45) is 0 Å². The van der Waals surface area contributed by atoms with E-state index < -0.39 is 4.92 Å². The molecular weight excluding hydrogens is 264 g/mol. The number of ether oxygens (including phenoxy) is 1. The summed E-state index contributed by atoms with van der Waals surface area (Å²) in [5, 5.41) is 18.0. The lowest BCUT2D eigenvalue weighted by molar-refractivity contribution is -0.383. The molecule has 1 aromatic heterocycles. The second kappa shape index (κ2) is 4.50. The number of nitrogen functional groups attached to an aromatic ring is 1. The first-order chi connectivity index (χ1) is 9.65. The maximum atomic E-state index is 10.9. The maximum Gasteiger partial charge on any atom is 0.301 e. The summed E-state index contributed by atoms with van der Waals surface area (Å²) in [7, 11) is 0. The average Bonchev–Trinajstić information content (AvgIpc) is 2.91. The van der Waals surface area contributed by atoms with Gasteiger partial charge in [-0.1, -0.05) is 0 Å². The number of fused-ring (bicyclic) bond motifs is 1. The molecule has 0 radical (unpaired) electrons. The van der Waals surface area contributed by atoms with Gasteiger partial charge in [0.05, 0.1) is 4.92 Å². The molecule has 0 aliphatic carbocycles. The lowest BCUT2D eigenvalue weighted by Crippen LogP contribution is -1.92. The van der Waals surface area contributed by atoms with Gasteiger partial charge in [0.15, 0.2) is 11.3 Å². The Kier molecular flexibility index (Phi) is 2.68. The Bertz CT molecular complexity index is 782. The van der Waals surface area contributed by atoms with Gasteiger partial charge in [-0.15, -0.1) is 0 Å². The summed E-state index contributed by atoms with van der Waals surface area (Å²) in [5.41, 5.74) is 6.23. The van der Waals surface area contributed by atoms with E-state index in [-0.39, 0.29) is 16.7 Å². The largest absolute Gasteiger partial charge is 0.455 e. The monoisotopic (exact) mass is 272 g/mol. The fourth-order valence-electron chi connectivity index (χ4n) is 1.72. The van der Waals surface area contributed by atoms with Crippen molar-refractivity contribution in [1.82, 2.24) is 10.3 Å². The first-order valence-corrected chi connectivity index (χ1v) is 5.58. The summed E-state index contributed by atoms with van der Waals surface area (Å²) in [6.07, 6.45) is 0. The molecule has 2 aromatic carbocycles. The molecule has 3 rings (SSSR count). The highest BCUT2D eigenvalue weighted by Crippen LogP contribution is 2.33. The van der Waals surface area contributed by atoms with Gasteiger partial charge in [-0.2, -0.15) is 0 Å². The van der Waals surface area contributed by atoms with Gasteiger partial charge in [-0.3, -0.25) is 10.1 Å². The van der Waals surface area contributed by atoms with E-state index in [0.717, 1.165) is 0 Å². The highest BCUT2D eigenvalue weighted by atomic mass is 16.6. The molecule has 20 heavy (non-hydrogen) atoms. The standard InChI is InChI=1S/C12H8N4O4/c13-7-1-3-8(4-2-7)19-10-6-5-9(16(17)18)11-12(10)15-20-14-11/h1-6H,13H2. The number of benzene rings is 2. The van der Waals surface area contributed by atoms with E-state index in [1.807, 2.05) is 0 Å². The zero-order valence-corrected chi connectivity index (χ0v) is 10.0. The molecule has 100 valence electrons. The van der Waals surface area contributed by atoms with Gasteiger partial charge in [0, 0.05) is 11.8 Å². The minimum Gasteiger partial charge on any atom is -0.455 e. The number of nitrogens with zero attached hydrogens (tertiary/aromatic N) is 3. The molecule has 0 fully saturated rings. The number of nitro benzene ring substituents is 1. The minimum atomic E-state index is -0.556. The van der Waals surface area contributed by atoms with Crippen LogP contribution in [0.4, 0.5) is 11.4 Å². The van der Waals surface area contributed by atoms with Gasteiger partial charge in [0.25, 0.3) is 0 Å². The average molecular weight is 272 g/mol. The predicted octanol–water partition coefficient (Wildman–Crippen LogP) is 2.51. The van der Waals surface area contributed by atoms with E-state index in [2.05, 4.69) is 14.9 Å². The molecule has 0 atom stereocenters. The van der Waals surface area contributed by atoms with Gasteiger partial charge >= 0.3 is 5.69 Å². The molecule has 0 unspecified atom stereocenters. The normalized spacial score (nSPS) is 10.6. The first-order valence-electron chi connectivity index (χ1n) is 5.58. The number of hydrogen-bond acceptors (Lipinski definition) is 7. The smallest absolute Gasteiger partial charge is 0.301 e. The van der Waals surface area contributed by atoms with Crippen LogP contribution in [0.3, 0.4) is 0 Å². The molecule has 2 N–H and O–H groups in total. The minimum absolute atomic E-state index is 0.0444. The second-order valence-corrected chi connectivity index (χ2v) is 3.97. The van der Waals surface area contributed by atoms with Gasteiger partial charge in [-0.25, -0.2) is 4.63 Å². The van der Waals surface area contributed by atoms with Gasteiger partial charge < -0.3 is 10.5 Å². The number of non-ortho nitro benzene ring substituents is 1. The van der Waals surface area contributed by atoms with Crippen molar-refractivity contribution in [2.75, 3.05) is 5.73 Å². The fraction of sp³-hybridized carbons (Fsp3) is 0. The van der Waals surface area contributed by atoms with Crippen LogP contribution < -0.4 is 10.5 Å². The summed E-state index contributed by atoms with van der Waals surface area (Å²) in [6, 6.07) is 9.45. The van der Waals surface area contributed by atoms with Crippen LogP contribution >= 0.6 is 0 Å². The van der Waals surface area contributed by atoms with Gasteiger partial charge in [0.1, 0.15) is 5.75 Å². The molecule has 0 saturated carbocycles. The van der Waals surface area contributed by atoms with E-state index in [4.69, 9.17) is 10.5 Å². The van der Waals surface area contributed by atoms with Crippen LogP contribution in [0, 0.1) is 10.1 Å². The zero-order chi connectivity index (χ0) is 14.1. The van der Waals surface area contributed by atoms with E-state index in [1.165, 1.54) is 12.1 Å². The number of aromatic nitrogens is 2. The SMILES string of the molecule is Nc1ccc(Oc2ccc([N+](=O)[O-])c3nonc23)cc1. The van der Waals surface area contributed by atoms with Crippen molar-refractivity contribution in [3.63, 3.8) is 0 Å². The predicted molar refractivity (Wildman–Crippen MR) is 69.4 cm³/mol. The van der Waals surface area contributed by atoms with E-state index in [1.54, 1.807) is 24.3 Å². The third kappa shape index (κ3) is 1.99. The quantitative estimate of drug-likeness (QED) is 0.442. The molecule has 1 heterocycles. The van der Waals surface area contributed by atoms with E-state index >= 15 is 0 Å².